The predicted octanol–water partition coefficient (Wildman–Crippen LogP) is 2.16. The molecule has 0 aliphatic carbocycles. The second-order valence-corrected chi connectivity index (χ2v) is 3.10. The number of hydrogen-bond acceptors (Lipinski definition) is 3. The van der Waals surface area contributed by atoms with Crippen LogP contribution in [0.15, 0.2) is 22.7 Å². The highest BCUT2D eigenvalue weighted by molar-refractivity contribution is 9.10. The first-order chi connectivity index (χ1) is 6.27. The molecule has 1 aromatic rings. The molecule has 0 N–H and O–H groups in total. The van der Waals surface area contributed by atoms with Gasteiger partial charge in [0.25, 0.3) is 0 Å². The molecule has 3 nitrogen and oxygen atoms in total. The van der Waals surface area contributed by atoms with E-state index in [1.54, 1.807) is 18.2 Å². The summed E-state index contributed by atoms with van der Waals surface area (Å²) in [4.78, 5) is 10.4. The quantitative estimate of drug-likeness (QED) is 0.760. The largest absolute Gasteiger partial charge is 0.479 e. The van der Waals surface area contributed by atoms with Crippen LogP contribution in [0.2, 0.25) is 0 Å². The highest BCUT2D eigenvalue weighted by atomic mass is 79.9. The summed E-state index contributed by atoms with van der Waals surface area (Å²) in [7, 11) is 0. The molecular weight excluding hydrogens is 234 g/mol. The molecule has 66 valence electrons. The van der Waals surface area contributed by atoms with Gasteiger partial charge in [-0.2, -0.15) is 5.26 Å². The van der Waals surface area contributed by atoms with Crippen molar-refractivity contribution in [2.75, 3.05) is 6.61 Å². The molecule has 0 saturated carbocycles. The minimum Gasteiger partial charge on any atom is -0.479 e. The van der Waals surface area contributed by atoms with Crippen LogP contribution in [0.5, 0.6) is 5.75 Å². The number of ether oxygens (including phenoxy) is 1. The van der Waals surface area contributed by atoms with Crippen LogP contribution in [0.3, 0.4) is 0 Å². The van der Waals surface area contributed by atoms with E-state index in [1.807, 2.05) is 6.07 Å². The Morgan fingerprint density at radius 2 is 2.38 bits per heavy atom. The van der Waals surface area contributed by atoms with Gasteiger partial charge in [0.2, 0.25) is 0 Å². The Bertz CT molecular complexity index is 357. The van der Waals surface area contributed by atoms with E-state index in [0.29, 0.717) is 15.8 Å². The van der Waals surface area contributed by atoms with Crippen molar-refractivity contribution in [3.05, 3.63) is 28.2 Å². The maximum absolute atomic E-state index is 10.4. The summed E-state index contributed by atoms with van der Waals surface area (Å²) < 4.78 is 5.69. The maximum atomic E-state index is 10.4. The smallest absolute Gasteiger partial charge is 0.174 e. The van der Waals surface area contributed by atoms with Crippen molar-refractivity contribution in [1.82, 2.24) is 0 Å². The van der Waals surface area contributed by atoms with Crippen molar-refractivity contribution in [2.24, 2.45) is 0 Å². The number of rotatable bonds is 3. The van der Waals surface area contributed by atoms with Crippen LogP contribution >= 0.6 is 15.9 Å². The molecule has 4 heteroatoms. The van der Waals surface area contributed by atoms with Crippen molar-refractivity contribution >= 4 is 22.2 Å². The summed E-state index contributed by atoms with van der Waals surface area (Å²) in [5.41, 5.74) is 0.560. The molecule has 0 aliphatic rings. The highest BCUT2D eigenvalue weighted by Gasteiger charge is 2.00. The number of carbonyl (C=O) groups is 1. The summed E-state index contributed by atoms with van der Waals surface area (Å²) in [5.74, 6) is 0.569. The van der Waals surface area contributed by atoms with E-state index in [1.165, 1.54) is 0 Å². The number of hydrogen-bond donors (Lipinski definition) is 0. The van der Waals surface area contributed by atoms with E-state index < -0.39 is 0 Å². The second-order valence-electron chi connectivity index (χ2n) is 2.25. The number of aldehydes is 1. The van der Waals surface area contributed by atoms with E-state index in [-0.39, 0.29) is 6.61 Å². The minimum absolute atomic E-state index is 0.00682. The minimum atomic E-state index is 0.00682. The van der Waals surface area contributed by atoms with E-state index in [9.17, 15) is 4.79 Å². The lowest BCUT2D eigenvalue weighted by Crippen LogP contribution is -1.93. The van der Waals surface area contributed by atoms with Crippen LogP contribution in [-0.2, 0) is 0 Å². The van der Waals surface area contributed by atoms with Gasteiger partial charge in [0.05, 0.1) is 0 Å². The zero-order valence-electron chi connectivity index (χ0n) is 6.66. The van der Waals surface area contributed by atoms with Crippen LogP contribution in [0.25, 0.3) is 0 Å². The third-order valence-electron chi connectivity index (χ3n) is 1.40. The van der Waals surface area contributed by atoms with E-state index in [4.69, 9.17) is 10.00 Å². The summed E-state index contributed by atoms with van der Waals surface area (Å²) in [6, 6.07) is 6.78. The summed E-state index contributed by atoms with van der Waals surface area (Å²) in [5, 5.41) is 8.25. The van der Waals surface area contributed by atoms with Crippen LogP contribution in [0.4, 0.5) is 0 Å². The van der Waals surface area contributed by atoms with E-state index in [0.717, 1.165) is 6.29 Å². The average Bonchev–Trinajstić information content (AvgIpc) is 2.15. The predicted molar refractivity (Wildman–Crippen MR) is 50.6 cm³/mol. The molecule has 1 aromatic carbocycles. The fraction of sp³-hybridized carbons (Fsp3) is 0.111. The van der Waals surface area contributed by atoms with Crippen LogP contribution in [-0.4, -0.2) is 12.9 Å². The molecule has 0 unspecified atom stereocenters. The lowest BCUT2D eigenvalue weighted by Gasteiger charge is -2.02. The van der Waals surface area contributed by atoms with Gasteiger partial charge in [0.1, 0.15) is 11.8 Å². The lowest BCUT2D eigenvalue weighted by atomic mass is 10.2. The van der Waals surface area contributed by atoms with Crippen molar-refractivity contribution in [3.63, 3.8) is 0 Å². The normalized spacial score (nSPS) is 8.92. The summed E-state index contributed by atoms with van der Waals surface area (Å²) in [6.07, 6.45) is 0.748. The van der Waals surface area contributed by atoms with Gasteiger partial charge in [-0.3, -0.25) is 4.79 Å². The molecule has 0 radical (unpaired) electrons. The molecule has 0 atom stereocenters. The standard InChI is InChI=1S/C9H6BrNO2/c10-9-5-8(13-4-3-11)2-1-7(9)6-12/h1-2,5-6H,4H2. The topological polar surface area (TPSA) is 50.1 Å². The Hall–Kier alpha value is -1.34. The Morgan fingerprint density at radius 1 is 1.62 bits per heavy atom. The van der Waals surface area contributed by atoms with Crippen LogP contribution < -0.4 is 4.74 Å². The highest BCUT2D eigenvalue weighted by Crippen LogP contribution is 2.21. The SMILES string of the molecule is N#CCOc1ccc(C=O)c(Br)c1. The molecular formula is C9H6BrNO2. The molecule has 0 spiro atoms. The first-order valence-corrected chi connectivity index (χ1v) is 4.31. The number of benzene rings is 1. The summed E-state index contributed by atoms with van der Waals surface area (Å²) >= 11 is 3.21. The van der Waals surface area contributed by atoms with E-state index >= 15 is 0 Å². The molecule has 0 aliphatic heterocycles. The van der Waals surface area contributed by atoms with Gasteiger partial charge in [0.15, 0.2) is 12.9 Å². The van der Waals surface area contributed by atoms with Crippen molar-refractivity contribution < 1.29 is 9.53 Å². The molecule has 0 bridgehead atoms. The second kappa shape index (κ2) is 4.63. The maximum Gasteiger partial charge on any atom is 0.174 e. The number of carbonyl (C=O) groups excluding carboxylic acids is 1. The Labute approximate surface area is 84.1 Å². The molecule has 1 rings (SSSR count). The fourth-order valence-corrected chi connectivity index (χ4v) is 1.26. The average molecular weight is 240 g/mol. The Morgan fingerprint density at radius 3 is 2.92 bits per heavy atom. The van der Waals surface area contributed by atoms with Crippen LogP contribution in [0, 0.1) is 11.3 Å². The first kappa shape index (κ1) is 9.75. The van der Waals surface area contributed by atoms with Gasteiger partial charge in [-0.1, -0.05) is 0 Å². The van der Waals surface area contributed by atoms with Crippen molar-refractivity contribution in [2.45, 2.75) is 0 Å². The third-order valence-corrected chi connectivity index (χ3v) is 2.09. The Balaban J connectivity index is 2.84. The molecule has 0 fully saturated rings. The number of halogens is 1. The number of nitrogens with zero attached hydrogens (tertiary/aromatic N) is 1. The monoisotopic (exact) mass is 239 g/mol. The number of nitriles is 1. The van der Waals surface area contributed by atoms with Crippen molar-refractivity contribution in [3.8, 4) is 11.8 Å². The zero-order chi connectivity index (χ0) is 9.68. The summed E-state index contributed by atoms with van der Waals surface area (Å²) in [6.45, 7) is 0.00682. The van der Waals surface area contributed by atoms with Crippen LogP contribution in [0.1, 0.15) is 10.4 Å². The van der Waals surface area contributed by atoms with Gasteiger partial charge in [-0.25, -0.2) is 0 Å². The van der Waals surface area contributed by atoms with Gasteiger partial charge in [-0.05, 0) is 34.1 Å². The molecule has 0 heterocycles. The van der Waals surface area contributed by atoms with Gasteiger partial charge in [0, 0.05) is 10.0 Å². The van der Waals surface area contributed by atoms with Crippen molar-refractivity contribution in [1.29, 1.82) is 5.26 Å². The zero-order valence-corrected chi connectivity index (χ0v) is 8.24. The van der Waals surface area contributed by atoms with E-state index in [2.05, 4.69) is 15.9 Å². The molecule has 0 amide bonds. The Kier molecular flexibility index (Phi) is 3.47. The molecule has 0 aromatic heterocycles. The third kappa shape index (κ3) is 2.56. The molecule has 0 saturated heterocycles. The first-order valence-electron chi connectivity index (χ1n) is 3.52. The molecule has 13 heavy (non-hydrogen) atoms. The fourth-order valence-electron chi connectivity index (χ4n) is 0.809. The van der Waals surface area contributed by atoms with Gasteiger partial charge < -0.3 is 4.74 Å². The van der Waals surface area contributed by atoms with Gasteiger partial charge >= 0.3 is 0 Å². The van der Waals surface area contributed by atoms with Gasteiger partial charge in [-0.15, -0.1) is 0 Å². The lowest BCUT2D eigenvalue weighted by molar-refractivity contribution is 0.112.